The first-order valence-corrected chi connectivity index (χ1v) is 5.61. The zero-order valence-electron chi connectivity index (χ0n) is 8.25. The van der Waals surface area contributed by atoms with Crippen molar-refractivity contribution in [1.82, 2.24) is 15.6 Å². The summed E-state index contributed by atoms with van der Waals surface area (Å²) in [7, 11) is 0. The summed E-state index contributed by atoms with van der Waals surface area (Å²) in [5, 5.41) is 7.75. The van der Waals surface area contributed by atoms with Gasteiger partial charge in [0.05, 0.1) is 24.3 Å². The number of rotatable bonds is 6. The molecule has 0 fully saturated rings. The fourth-order valence-corrected chi connectivity index (χ4v) is 1.51. The van der Waals surface area contributed by atoms with Gasteiger partial charge in [0.25, 0.3) is 0 Å². The van der Waals surface area contributed by atoms with Crippen LogP contribution in [0.5, 0.6) is 0 Å². The molecule has 5 heteroatoms. The summed E-state index contributed by atoms with van der Waals surface area (Å²) in [5.41, 5.74) is 2.68. The van der Waals surface area contributed by atoms with Gasteiger partial charge in [0.2, 0.25) is 5.91 Å². The first kappa shape index (κ1) is 11.1. The molecule has 1 rings (SSSR count). The molecule has 78 valence electrons. The predicted octanol–water partition coefficient (Wildman–Crippen LogP) is 0.759. The Hall–Kier alpha value is -0.940. The van der Waals surface area contributed by atoms with E-state index in [0.717, 1.165) is 18.7 Å². The fraction of sp³-hybridized carbons (Fsp3) is 0.556. The zero-order chi connectivity index (χ0) is 10.2. The van der Waals surface area contributed by atoms with E-state index >= 15 is 0 Å². The van der Waals surface area contributed by atoms with Crippen molar-refractivity contribution in [3.05, 3.63) is 16.6 Å². The molecule has 0 aliphatic rings. The van der Waals surface area contributed by atoms with Crippen molar-refractivity contribution in [2.24, 2.45) is 0 Å². The van der Waals surface area contributed by atoms with Crippen molar-refractivity contribution >= 4 is 17.2 Å². The highest BCUT2D eigenvalue weighted by molar-refractivity contribution is 7.07. The number of thiazole rings is 1. The van der Waals surface area contributed by atoms with Gasteiger partial charge >= 0.3 is 0 Å². The number of nitrogens with zero attached hydrogens (tertiary/aromatic N) is 1. The molecule has 1 aromatic heterocycles. The summed E-state index contributed by atoms with van der Waals surface area (Å²) in [4.78, 5) is 15.3. The van der Waals surface area contributed by atoms with E-state index in [9.17, 15) is 4.79 Å². The van der Waals surface area contributed by atoms with Crippen molar-refractivity contribution < 1.29 is 4.79 Å². The molecule has 1 amide bonds. The van der Waals surface area contributed by atoms with Crippen molar-refractivity contribution in [2.45, 2.75) is 19.9 Å². The third kappa shape index (κ3) is 4.34. The summed E-state index contributed by atoms with van der Waals surface area (Å²) in [6.07, 6.45) is 1.04. The number of amides is 1. The summed E-state index contributed by atoms with van der Waals surface area (Å²) in [5.74, 6) is 0.0199. The molecule has 1 aromatic rings. The molecular weight excluding hydrogens is 198 g/mol. The highest BCUT2D eigenvalue weighted by atomic mass is 32.1. The van der Waals surface area contributed by atoms with E-state index in [1.807, 2.05) is 5.38 Å². The van der Waals surface area contributed by atoms with Crippen LogP contribution in [0.3, 0.4) is 0 Å². The van der Waals surface area contributed by atoms with Gasteiger partial charge < -0.3 is 10.6 Å². The van der Waals surface area contributed by atoms with E-state index in [-0.39, 0.29) is 5.91 Å². The Bertz CT molecular complexity index is 261. The molecule has 0 aromatic carbocycles. The topological polar surface area (TPSA) is 54.0 Å². The van der Waals surface area contributed by atoms with Crippen LogP contribution in [0.1, 0.15) is 19.0 Å². The van der Waals surface area contributed by atoms with Gasteiger partial charge in [-0.15, -0.1) is 11.3 Å². The maximum atomic E-state index is 11.2. The minimum atomic E-state index is 0.0199. The van der Waals surface area contributed by atoms with E-state index < -0.39 is 0 Å². The summed E-state index contributed by atoms with van der Waals surface area (Å²) in [6.45, 7) is 3.86. The van der Waals surface area contributed by atoms with Gasteiger partial charge in [-0.3, -0.25) is 4.79 Å². The quantitative estimate of drug-likeness (QED) is 0.686. The Morgan fingerprint density at radius 3 is 3.14 bits per heavy atom. The lowest BCUT2D eigenvalue weighted by Gasteiger charge is -2.03. The lowest BCUT2D eigenvalue weighted by atomic mass is 10.4. The summed E-state index contributed by atoms with van der Waals surface area (Å²) >= 11 is 1.53. The predicted molar refractivity (Wildman–Crippen MR) is 57.1 cm³/mol. The minimum absolute atomic E-state index is 0.0199. The largest absolute Gasteiger partial charge is 0.349 e. The fourth-order valence-electron chi connectivity index (χ4n) is 0.955. The average Bonchev–Trinajstić information content (AvgIpc) is 2.68. The Morgan fingerprint density at radius 2 is 2.50 bits per heavy atom. The second kappa shape index (κ2) is 6.50. The van der Waals surface area contributed by atoms with Gasteiger partial charge in [0, 0.05) is 5.38 Å². The third-order valence-electron chi connectivity index (χ3n) is 1.66. The van der Waals surface area contributed by atoms with E-state index in [1.165, 1.54) is 11.3 Å². The zero-order valence-corrected chi connectivity index (χ0v) is 9.06. The van der Waals surface area contributed by atoms with Gasteiger partial charge in [-0.25, -0.2) is 4.98 Å². The first-order valence-electron chi connectivity index (χ1n) is 4.67. The van der Waals surface area contributed by atoms with E-state index in [2.05, 4.69) is 22.5 Å². The molecule has 2 N–H and O–H groups in total. The number of nitrogens with one attached hydrogen (secondary N) is 2. The number of hydrogen-bond donors (Lipinski definition) is 2. The van der Waals surface area contributed by atoms with Gasteiger partial charge in [-0.1, -0.05) is 6.92 Å². The molecule has 1 heterocycles. The van der Waals surface area contributed by atoms with Crippen LogP contribution in [0.25, 0.3) is 0 Å². The van der Waals surface area contributed by atoms with E-state index in [4.69, 9.17) is 0 Å². The number of carbonyl (C=O) groups is 1. The average molecular weight is 213 g/mol. The highest BCUT2D eigenvalue weighted by Crippen LogP contribution is 1.99. The van der Waals surface area contributed by atoms with Crippen LogP contribution < -0.4 is 10.6 Å². The Kier molecular flexibility index (Phi) is 5.17. The van der Waals surface area contributed by atoms with Crippen LogP contribution in [0, 0.1) is 0 Å². The lowest BCUT2D eigenvalue weighted by Crippen LogP contribution is -2.33. The second-order valence-electron chi connectivity index (χ2n) is 2.93. The van der Waals surface area contributed by atoms with E-state index in [0.29, 0.717) is 13.1 Å². The molecule has 0 unspecified atom stereocenters. The molecule has 0 aliphatic carbocycles. The smallest absolute Gasteiger partial charge is 0.234 e. The van der Waals surface area contributed by atoms with Crippen LogP contribution in [0.2, 0.25) is 0 Å². The Morgan fingerprint density at radius 1 is 1.64 bits per heavy atom. The molecule has 0 radical (unpaired) electrons. The Labute approximate surface area is 87.7 Å². The summed E-state index contributed by atoms with van der Waals surface area (Å²) in [6, 6.07) is 0. The normalized spacial score (nSPS) is 10.1. The van der Waals surface area contributed by atoms with Crippen molar-refractivity contribution in [3.63, 3.8) is 0 Å². The molecular formula is C9H15N3OS. The monoisotopic (exact) mass is 213 g/mol. The molecule has 0 spiro atoms. The SMILES string of the molecule is CCCNCC(=O)NCc1cscn1. The lowest BCUT2D eigenvalue weighted by molar-refractivity contribution is -0.120. The molecule has 0 bridgehead atoms. The molecule has 0 aliphatic heterocycles. The Balaban J connectivity index is 2.09. The number of hydrogen-bond acceptors (Lipinski definition) is 4. The second-order valence-corrected chi connectivity index (χ2v) is 3.65. The highest BCUT2D eigenvalue weighted by Gasteiger charge is 2.00. The van der Waals surface area contributed by atoms with Gasteiger partial charge in [-0.2, -0.15) is 0 Å². The van der Waals surface area contributed by atoms with Crippen LogP contribution in [0.15, 0.2) is 10.9 Å². The standard InChI is InChI=1S/C9H15N3OS/c1-2-3-10-5-9(13)11-4-8-6-14-7-12-8/h6-7,10H,2-5H2,1H3,(H,11,13). The number of carbonyl (C=O) groups excluding carboxylic acids is 1. The molecule has 0 saturated heterocycles. The number of aromatic nitrogens is 1. The van der Waals surface area contributed by atoms with Crippen LogP contribution in [-0.4, -0.2) is 24.0 Å². The molecule has 14 heavy (non-hydrogen) atoms. The minimum Gasteiger partial charge on any atom is -0.349 e. The van der Waals surface area contributed by atoms with Gasteiger partial charge in [0.1, 0.15) is 0 Å². The third-order valence-corrected chi connectivity index (χ3v) is 2.30. The van der Waals surface area contributed by atoms with Crippen LogP contribution >= 0.6 is 11.3 Å². The molecule has 0 atom stereocenters. The first-order chi connectivity index (χ1) is 6.83. The summed E-state index contributed by atoms with van der Waals surface area (Å²) < 4.78 is 0. The van der Waals surface area contributed by atoms with Gasteiger partial charge in [-0.05, 0) is 13.0 Å². The van der Waals surface area contributed by atoms with Crippen molar-refractivity contribution in [2.75, 3.05) is 13.1 Å². The van der Waals surface area contributed by atoms with Crippen molar-refractivity contribution in [1.29, 1.82) is 0 Å². The van der Waals surface area contributed by atoms with Crippen molar-refractivity contribution in [3.8, 4) is 0 Å². The molecule has 4 nitrogen and oxygen atoms in total. The van der Waals surface area contributed by atoms with Gasteiger partial charge in [0.15, 0.2) is 0 Å². The van der Waals surface area contributed by atoms with Crippen LogP contribution in [-0.2, 0) is 11.3 Å². The van der Waals surface area contributed by atoms with Crippen LogP contribution in [0.4, 0.5) is 0 Å². The maximum Gasteiger partial charge on any atom is 0.234 e. The van der Waals surface area contributed by atoms with E-state index in [1.54, 1.807) is 5.51 Å². The maximum absolute atomic E-state index is 11.2. The molecule has 0 saturated carbocycles.